The Balaban J connectivity index is 0.00000264. The highest BCUT2D eigenvalue weighted by Gasteiger charge is 2.23. The van der Waals surface area contributed by atoms with Crippen LogP contribution in [0.5, 0.6) is 5.75 Å². The molecule has 0 atom stereocenters. The van der Waals surface area contributed by atoms with Crippen LogP contribution in [-0.4, -0.2) is 44.6 Å². The molecule has 0 radical (unpaired) electrons. The number of hydrogen-bond acceptors (Lipinski definition) is 3. The van der Waals surface area contributed by atoms with Gasteiger partial charge in [0.1, 0.15) is 5.75 Å². The molecular formula is C17H26Cl2N2O2. The van der Waals surface area contributed by atoms with Gasteiger partial charge in [-0.2, -0.15) is 0 Å². The van der Waals surface area contributed by atoms with Gasteiger partial charge in [0, 0.05) is 23.7 Å². The molecule has 1 N–H and O–H groups in total. The van der Waals surface area contributed by atoms with Crippen molar-refractivity contribution in [3.05, 3.63) is 28.8 Å². The van der Waals surface area contributed by atoms with Crippen LogP contribution >= 0.6 is 24.0 Å². The number of nitrogens with zero attached hydrogens (tertiary/aromatic N) is 1. The Morgan fingerprint density at radius 2 is 2.09 bits per heavy atom. The van der Waals surface area contributed by atoms with Crippen molar-refractivity contribution in [1.82, 2.24) is 10.2 Å². The Labute approximate surface area is 149 Å². The first-order valence-electron chi connectivity index (χ1n) is 7.88. The third kappa shape index (κ3) is 5.87. The summed E-state index contributed by atoms with van der Waals surface area (Å²) in [4.78, 5) is 14.5. The average Bonchev–Trinajstić information content (AvgIpc) is 2.53. The lowest BCUT2D eigenvalue weighted by Gasteiger charge is -2.32. The second-order valence-corrected chi connectivity index (χ2v) is 6.29. The monoisotopic (exact) mass is 360 g/mol. The molecule has 0 bridgehead atoms. The second-order valence-electron chi connectivity index (χ2n) is 5.85. The van der Waals surface area contributed by atoms with E-state index < -0.39 is 0 Å². The molecule has 1 aliphatic rings. The molecule has 4 nitrogen and oxygen atoms in total. The number of halogens is 2. The molecule has 1 heterocycles. The molecule has 1 aliphatic heterocycles. The van der Waals surface area contributed by atoms with Gasteiger partial charge in [-0.05, 0) is 57.0 Å². The first-order chi connectivity index (χ1) is 10.6. The van der Waals surface area contributed by atoms with Crippen LogP contribution in [0.1, 0.15) is 24.8 Å². The van der Waals surface area contributed by atoms with Crippen LogP contribution in [0.2, 0.25) is 5.02 Å². The number of carbonyl (C=O) groups excluding carboxylic acids is 1. The van der Waals surface area contributed by atoms with Gasteiger partial charge in [0.05, 0.1) is 13.5 Å². The minimum atomic E-state index is 0. The van der Waals surface area contributed by atoms with Gasteiger partial charge in [-0.1, -0.05) is 11.6 Å². The molecule has 0 aliphatic carbocycles. The van der Waals surface area contributed by atoms with Gasteiger partial charge in [-0.15, -0.1) is 12.4 Å². The van der Waals surface area contributed by atoms with Crippen LogP contribution < -0.4 is 10.1 Å². The molecule has 1 aromatic rings. The van der Waals surface area contributed by atoms with E-state index >= 15 is 0 Å². The molecule has 23 heavy (non-hydrogen) atoms. The van der Waals surface area contributed by atoms with Gasteiger partial charge in [0.15, 0.2) is 0 Å². The minimum absolute atomic E-state index is 0. The van der Waals surface area contributed by atoms with Crippen molar-refractivity contribution in [2.75, 3.05) is 33.8 Å². The topological polar surface area (TPSA) is 41.6 Å². The lowest BCUT2D eigenvalue weighted by molar-refractivity contribution is -0.131. The van der Waals surface area contributed by atoms with Crippen LogP contribution in [0, 0.1) is 5.92 Å². The van der Waals surface area contributed by atoms with Crippen molar-refractivity contribution < 1.29 is 9.53 Å². The van der Waals surface area contributed by atoms with Crippen LogP contribution in [0.3, 0.4) is 0 Å². The Morgan fingerprint density at radius 1 is 1.39 bits per heavy atom. The number of benzene rings is 1. The van der Waals surface area contributed by atoms with E-state index in [9.17, 15) is 4.79 Å². The fourth-order valence-corrected chi connectivity index (χ4v) is 3.17. The quantitative estimate of drug-likeness (QED) is 0.846. The van der Waals surface area contributed by atoms with Gasteiger partial charge in [-0.25, -0.2) is 0 Å². The molecule has 1 fully saturated rings. The van der Waals surface area contributed by atoms with Gasteiger partial charge >= 0.3 is 0 Å². The summed E-state index contributed by atoms with van der Waals surface area (Å²) in [6.45, 7) is 2.77. The highest BCUT2D eigenvalue weighted by Crippen LogP contribution is 2.25. The lowest BCUT2D eigenvalue weighted by atomic mass is 9.93. The number of amides is 1. The molecule has 1 saturated heterocycles. The lowest BCUT2D eigenvalue weighted by Crippen LogP contribution is -2.39. The number of ether oxygens (including phenoxy) is 1. The average molecular weight is 361 g/mol. The number of carbonyl (C=O) groups is 1. The Hall–Kier alpha value is -0.970. The molecular weight excluding hydrogens is 335 g/mol. The second kappa shape index (κ2) is 10.0. The maximum Gasteiger partial charge on any atom is 0.227 e. The minimum Gasteiger partial charge on any atom is -0.496 e. The number of likely N-dealkylation sites (tertiary alicyclic amines) is 1. The normalized spacial score (nSPS) is 15.2. The highest BCUT2D eigenvalue weighted by molar-refractivity contribution is 6.30. The fourth-order valence-electron chi connectivity index (χ4n) is 2.98. The number of methoxy groups -OCH3 is 1. The van der Waals surface area contributed by atoms with Crippen molar-refractivity contribution in [3.8, 4) is 5.75 Å². The Morgan fingerprint density at radius 3 is 2.70 bits per heavy atom. The first kappa shape index (κ1) is 20.1. The van der Waals surface area contributed by atoms with Crippen molar-refractivity contribution in [1.29, 1.82) is 0 Å². The predicted molar refractivity (Wildman–Crippen MR) is 96.8 cm³/mol. The molecule has 0 aromatic heterocycles. The first-order valence-corrected chi connectivity index (χ1v) is 8.26. The predicted octanol–water partition coefficient (Wildman–Crippen LogP) is 3.16. The Bertz CT molecular complexity index is 503. The zero-order valence-corrected chi connectivity index (χ0v) is 15.4. The SMILES string of the molecule is CNCCC1CCN(C(=O)Cc2cc(Cl)ccc2OC)CC1.Cl. The van der Waals surface area contributed by atoms with E-state index in [1.54, 1.807) is 13.2 Å². The van der Waals surface area contributed by atoms with E-state index in [4.69, 9.17) is 16.3 Å². The third-order valence-electron chi connectivity index (χ3n) is 4.35. The van der Waals surface area contributed by atoms with Gasteiger partial charge in [0.2, 0.25) is 5.91 Å². The molecule has 0 unspecified atom stereocenters. The molecule has 0 saturated carbocycles. The van der Waals surface area contributed by atoms with E-state index in [1.807, 2.05) is 24.1 Å². The molecule has 130 valence electrons. The Kier molecular flexibility index (Phi) is 8.74. The largest absolute Gasteiger partial charge is 0.496 e. The number of piperidine rings is 1. The molecule has 0 spiro atoms. The summed E-state index contributed by atoms with van der Waals surface area (Å²) < 4.78 is 5.31. The summed E-state index contributed by atoms with van der Waals surface area (Å²) in [5.74, 6) is 1.62. The smallest absolute Gasteiger partial charge is 0.227 e. The van der Waals surface area contributed by atoms with E-state index in [1.165, 1.54) is 6.42 Å². The van der Waals surface area contributed by atoms with Gasteiger partial charge < -0.3 is 15.0 Å². The fraction of sp³-hybridized carbons (Fsp3) is 0.588. The molecule has 1 aromatic carbocycles. The zero-order chi connectivity index (χ0) is 15.9. The summed E-state index contributed by atoms with van der Waals surface area (Å²) >= 11 is 6.02. The van der Waals surface area contributed by atoms with E-state index in [0.717, 1.165) is 49.7 Å². The van der Waals surface area contributed by atoms with Crippen molar-refractivity contribution in [3.63, 3.8) is 0 Å². The van der Waals surface area contributed by atoms with Gasteiger partial charge in [-0.3, -0.25) is 4.79 Å². The number of nitrogens with one attached hydrogen (secondary N) is 1. The summed E-state index contributed by atoms with van der Waals surface area (Å²) in [6, 6.07) is 5.41. The maximum absolute atomic E-state index is 12.5. The third-order valence-corrected chi connectivity index (χ3v) is 4.59. The maximum atomic E-state index is 12.5. The van der Waals surface area contributed by atoms with E-state index in [-0.39, 0.29) is 18.3 Å². The molecule has 1 amide bonds. The van der Waals surface area contributed by atoms with Crippen LogP contribution in [0.4, 0.5) is 0 Å². The summed E-state index contributed by atoms with van der Waals surface area (Å²) in [7, 11) is 3.60. The molecule has 6 heteroatoms. The number of rotatable bonds is 6. The summed E-state index contributed by atoms with van der Waals surface area (Å²) in [5, 5.41) is 3.83. The zero-order valence-electron chi connectivity index (χ0n) is 13.8. The standard InChI is InChI=1S/C17H25ClN2O2.ClH/c1-19-8-5-13-6-9-20(10-7-13)17(21)12-14-11-15(18)3-4-16(14)22-2;/h3-4,11,13,19H,5-10,12H2,1-2H3;1H. The van der Waals surface area contributed by atoms with Crippen molar-refractivity contribution in [2.45, 2.75) is 25.7 Å². The van der Waals surface area contributed by atoms with Gasteiger partial charge in [0.25, 0.3) is 0 Å². The summed E-state index contributed by atoms with van der Waals surface area (Å²) in [5.41, 5.74) is 0.859. The van der Waals surface area contributed by atoms with Crippen molar-refractivity contribution in [2.24, 2.45) is 5.92 Å². The molecule has 2 rings (SSSR count). The summed E-state index contributed by atoms with van der Waals surface area (Å²) in [6.07, 6.45) is 3.74. The van der Waals surface area contributed by atoms with Crippen LogP contribution in [0.15, 0.2) is 18.2 Å². The van der Waals surface area contributed by atoms with Crippen LogP contribution in [-0.2, 0) is 11.2 Å². The number of hydrogen-bond donors (Lipinski definition) is 1. The van der Waals surface area contributed by atoms with Crippen LogP contribution in [0.25, 0.3) is 0 Å². The highest BCUT2D eigenvalue weighted by atomic mass is 35.5. The van der Waals surface area contributed by atoms with E-state index in [0.29, 0.717) is 11.4 Å². The van der Waals surface area contributed by atoms with E-state index in [2.05, 4.69) is 5.32 Å². The van der Waals surface area contributed by atoms with Crippen molar-refractivity contribution >= 4 is 29.9 Å².